The predicted molar refractivity (Wildman–Crippen MR) is 109 cm³/mol. The molecule has 0 atom stereocenters. The highest BCUT2D eigenvalue weighted by Crippen LogP contribution is 2.21. The van der Waals surface area contributed by atoms with E-state index >= 15 is 0 Å². The molecule has 0 aromatic heterocycles. The molecule has 1 saturated heterocycles. The van der Waals surface area contributed by atoms with Crippen molar-refractivity contribution < 1.29 is 17.6 Å². The molecule has 1 aliphatic heterocycles. The molecular formula is C20H23FN2O3S2. The fourth-order valence-corrected chi connectivity index (χ4v) is 5.32. The Labute approximate surface area is 169 Å². The van der Waals surface area contributed by atoms with Crippen LogP contribution in [-0.4, -0.2) is 44.0 Å². The molecule has 0 saturated carbocycles. The van der Waals surface area contributed by atoms with Crippen LogP contribution in [0.25, 0.3) is 0 Å². The molecule has 2 aromatic rings. The first-order chi connectivity index (χ1) is 13.5. The zero-order chi connectivity index (χ0) is 20.0. The topological polar surface area (TPSA) is 66.5 Å². The standard InChI is InChI=1S/C20H23FN2O3S2/c21-17-6-8-18(9-7-17)27-15-3-12-22-20(24)16-4-10-19(11-5-16)28(25,26)23-13-1-2-14-23/h4-11H,1-3,12-15H2,(H,22,24). The van der Waals surface area contributed by atoms with E-state index in [0.717, 1.165) is 29.9 Å². The normalized spacial score (nSPS) is 14.9. The van der Waals surface area contributed by atoms with Gasteiger partial charge in [-0.25, -0.2) is 12.8 Å². The maximum Gasteiger partial charge on any atom is 0.251 e. The molecule has 1 aliphatic rings. The quantitative estimate of drug-likeness (QED) is 0.522. The van der Waals surface area contributed by atoms with Crippen molar-refractivity contribution in [2.24, 2.45) is 0 Å². The molecule has 0 unspecified atom stereocenters. The van der Waals surface area contributed by atoms with Gasteiger partial charge in [-0.2, -0.15) is 4.31 Å². The van der Waals surface area contributed by atoms with Gasteiger partial charge in [-0.1, -0.05) is 0 Å². The van der Waals surface area contributed by atoms with Gasteiger partial charge in [0, 0.05) is 30.1 Å². The molecular weight excluding hydrogens is 399 g/mol. The minimum atomic E-state index is -3.46. The summed E-state index contributed by atoms with van der Waals surface area (Å²) in [6, 6.07) is 12.4. The van der Waals surface area contributed by atoms with Crippen molar-refractivity contribution >= 4 is 27.7 Å². The summed E-state index contributed by atoms with van der Waals surface area (Å²) >= 11 is 1.60. The number of hydrogen-bond donors (Lipinski definition) is 1. The first kappa shape index (κ1) is 20.8. The number of halogens is 1. The maximum atomic E-state index is 12.9. The van der Waals surface area contributed by atoms with E-state index in [1.165, 1.54) is 28.6 Å². The number of hydrogen-bond acceptors (Lipinski definition) is 4. The summed E-state index contributed by atoms with van der Waals surface area (Å²) in [6.07, 6.45) is 2.55. The largest absolute Gasteiger partial charge is 0.352 e. The van der Waals surface area contributed by atoms with E-state index in [1.54, 1.807) is 36.0 Å². The second-order valence-corrected chi connectivity index (χ2v) is 9.65. The van der Waals surface area contributed by atoms with Crippen LogP contribution in [0.2, 0.25) is 0 Å². The number of carbonyl (C=O) groups excluding carboxylic acids is 1. The molecule has 0 bridgehead atoms. The fourth-order valence-electron chi connectivity index (χ4n) is 2.95. The minimum absolute atomic E-state index is 0.224. The van der Waals surface area contributed by atoms with Crippen LogP contribution in [-0.2, 0) is 10.0 Å². The number of amides is 1. The first-order valence-corrected chi connectivity index (χ1v) is 11.7. The Morgan fingerprint density at radius 3 is 2.32 bits per heavy atom. The van der Waals surface area contributed by atoms with Crippen LogP contribution in [0.3, 0.4) is 0 Å². The lowest BCUT2D eigenvalue weighted by Gasteiger charge is -2.15. The highest BCUT2D eigenvalue weighted by molar-refractivity contribution is 7.99. The van der Waals surface area contributed by atoms with Crippen molar-refractivity contribution in [1.82, 2.24) is 9.62 Å². The van der Waals surface area contributed by atoms with E-state index < -0.39 is 10.0 Å². The molecule has 8 heteroatoms. The van der Waals surface area contributed by atoms with Gasteiger partial charge >= 0.3 is 0 Å². The molecule has 0 aliphatic carbocycles. The molecule has 5 nitrogen and oxygen atoms in total. The van der Waals surface area contributed by atoms with Gasteiger partial charge in [-0.3, -0.25) is 4.79 Å². The monoisotopic (exact) mass is 422 g/mol. The van der Waals surface area contributed by atoms with Gasteiger partial charge < -0.3 is 5.32 Å². The molecule has 150 valence electrons. The number of nitrogens with zero attached hydrogens (tertiary/aromatic N) is 1. The van der Waals surface area contributed by atoms with E-state index in [-0.39, 0.29) is 16.6 Å². The van der Waals surface area contributed by atoms with Crippen LogP contribution >= 0.6 is 11.8 Å². The Kier molecular flexibility index (Phi) is 7.09. The summed E-state index contributed by atoms with van der Waals surface area (Å²) in [4.78, 5) is 13.4. The Hall–Kier alpha value is -1.90. The van der Waals surface area contributed by atoms with Gasteiger partial charge in [-0.05, 0) is 73.5 Å². The molecule has 1 fully saturated rings. The fraction of sp³-hybridized carbons (Fsp3) is 0.350. The second kappa shape index (κ2) is 9.54. The lowest BCUT2D eigenvalue weighted by atomic mass is 10.2. The van der Waals surface area contributed by atoms with Gasteiger partial charge in [0.2, 0.25) is 10.0 Å². The third kappa shape index (κ3) is 5.33. The predicted octanol–water partition coefficient (Wildman–Crippen LogP) is 3.52. The average molecular weight is 423 g/mol. The number of thioether (sulfide) groups is 1. The molecule has 2 aromatic carbocycles. The summed E-state index contributed by atoms with van der Waals surface area (Å²) in [6.45, 7) is 1.63. The van der Waals surface area contributed by atoms with E-state index in [0.29, 0.717) is 25.2 Å². The van der Waals surface area contributed by atoms with Gasteiger partial charge in [-0.15, -0.1) is 11.8 Å². The van der Waals surface area contributed by atoms with Gasteiger partial charge in [0.15, 0.2) is 0 Å². The van der Waals surface area contributed by atoms with Crippen molar-refractivity contribution in [3.63, 3.8) is 0 Å². The Morgan fingerprint density at radius 2 is 1.68 bits per heavy atom. The molecule has 28 heavy (non-hydrogen) atoms. The van der Waals surface area contributed by atoms with E-state index in [1.807, 2.05) is 0 Å². The number of rotatable bonds is 8. The average Bonchev–Trinajstić information content (AvgIpc) is 3.25. The molecule has 3 rings (SSSR count). The number of carbonyl (C=O) groups is 1. The molecule has 1 heterocycles. The number of sulfonamides is 1. The third-order valence-electron chi connectivity index (χ3n) is 4.51. The Morgan fingerprint density at radius 1 is 1.04 bits per heavy atom. The van der Waals surface area contributed by atoms with Crippen molar-refractivity contribution in [2.75, 3.05) is 25.4 Å². The summed E-state index contributed by atoms with van der Waals surface area (Å²) < 4.78 is 39.3. The Balaban J connectivity index is 1.45. The summed E-state index contributed by atoms with van der Waals surface area (Å²) in [7, 11) is -3.46. The zero-order valence-electron chi connectivity index (χ0n) is 15.4. The SMILES string of the molecule is O=C(NCCCSc1ccc(F)cc1)c1ccc(S(=O)(=O)N2CCCC2)cc1. The second-order valence-electron chi connectivity index (χ2n) is 6.55. The van der Waals surface area contributed by atoms with E-state index in [2.05, 4.69) is 5.32 Å². The minimum Gasteiger partial charge on any atom is -0.352 e. The number of nitrogens with one attached hydrogen (secondary N) is 1. The van der Waals surface area contributed by atoms with Gasteiger partial charge in [0.05, 0.1) is 4.90 Å². The van der Waals surface area contributed by atoms with Crippen LogP contribution in [0.4, 0.5) is 4.39 Å². The zero-order valence-corrected chi connectivity index (χ0v) is 17.1. The Bertz CT molecular complexity index is 894. The van der Waals surface area contributed by atoms with Crippen LogP contribution in [0.5, 0.6) is 0 Å². The summed E-state index contributed by atoms with van der Waals surface area (Å²) in [5, 5.41) is 2.84. The van der Waals surface area contributed by atoms with Gasteiger partial charge in [0.25, 0.3) is 5.91 Å². The highest BCUT2D eigenvalue weighted by Gasteiger charge is 2.27. The molecule has 0 spiro atoms. The molecule has 1 amide bonds. The first-order valence-electron chi connectivity index (χ1n) is 9.23. The van der Waals surface area contributed by atoms with Crippen molar-refractivity contribution in [3.05, 3.63) is 59.9 Å². The van der Waals surface area contributed by atoms with Gasteiger partial charge in [0.1, 0.15) is 5.82 Å². The smallest absolute Gasteiger partial charge is 0.251 e. The van der Waals surface area contributed by atoms with E-state index in [9.17, 15) is 17.6 Å². The van der Waals surface area contributed by atoms with Crippen LogP contribution < -0.4 is 5.32 Å². The molecule has 1 N–H and O–H groups in total. The number of benzene rings is 2. The summed E-state index contributed by atoms with van der Waals surface area (Å²) in [5.41, 5.74) is 0.437. The van der Waals surface area contributed by atoms with Crippen LogP contribution in [0.15, 0.2) is 58.3 Å². The molecule has 0 radical (unpaired) electrons. The lowest BCUT2D eigenvalue weighted by molar-refractivity contribution is 0.0953. The van der Waals surface area contributed by atoms with Crippen molar-refractivity contribution in [1.29, 1.82) is 0 Å². The van der Waals surface area contributed by atoms with Crippen LogP contribution in [0, 0.1) is 5.82 Å². The van der Waals surface area contributed by atoms with E-state index in [4.69, 9.17) is 0 Å². The third-order valence-corrected chi connectivity index (χ3v) is 7.52. The summed E-state index contributed by atoms with van der Waals surface area (Å²) in [5.74, 6) is 0.326. The van der Waals surface area contributed by atoms with Crippen molar-refractivity contribution in [2.45, 2.75) is 29.1 Å². The maximum absolute atomic E-state index is 12.9. The van der Waals surface area contributed by atoms with Crippen LogP contribution in [0.1, 0.15) is 29.6 Å². The van der Waals surface area contributed by atoms with Crippen molar-refractivity contribution in [3.8, 4) is 0 Å². The highest BCUT2D eigenvalue weighted by atomic mass is 32.2. The lowest BCUT2D eigenvalue weighted by Crippen LogP contribution is -2.28.